The van der Waals surface area contributed by atoms with Crippen LogP contribution in [0.2, 0.25) is 0 Å². The molecule has 7 nitrogen and oxygen atoms in total. The van der Waals surface area contributed by atoms with Gasteiger partial charge in [0.05, 0.1) is 24.3 Å². The molecule has 0 saturated carbocycles. The Morgan fingerprint density at radius 1 is 1.17 bits per heavy atom. The average Bonchev–Trinajstić information content (AvgIpc) is 2.94. The molecule has 2 atom stereocenters. The number of rotatable bonds is 6. The minimum Gasteiger partial charge on any atom is -0.507 e. The van der Waals surface area contributed by atoms with Crippen molar-refractivity contribution >= 4 is 17.4 Å². The van der Waals surface area contributed by atoms with Gasteiger partial charge in [0.25, 0.3) is 11.7 Å². The van der Waals surface area contributed by atoms with Crippen molar-refractivity contribution in [1.82, 2.24) is 4.90 Å². The van der Waals surface area contributed by atoms with Gasteiger partial charge in [-0.15, -0.1) is 0 Å². The molecule has 0 bridgehead atoms. The summed E-state index contributed by atoms with van der Waals surface area (Å²) in [6, 6.07) is 12.0. The van der Waals surface area contributed by atoms with E-state index in [1.165, 1.54) is 24.0 Å². The second-order valence-electron chi connectivity index (χ2n) is 6.83. The van der Waals surface area contributed by atoms with Crippen molar-refractivity contribution < 1.29 is 29.6 Å². The molecule has 3 N–H and O–H groups in total. The number of Topliss-reactive ketones (excluding diaryl/α,β-unsaturated/α-hetero) is 1. The average molecular weight is 397 g/mol. The third-order valence-corrected chi connectivity index (χ3v) is 4.65. The monoisotopic (exact) mass is 397 g/mol. The number of likely N-dealkylation sites (tertiary alicyclic amines) is 1. The molecule has 0 aliphatic carbocycles. The number of aromatic hydroxyl groups is 1. The van der Waals surface area contributed by atoms with E-state index >= 15 is 0 Å². The van der Waals surface area contributed by atoms with E-state index in [4.69, 9.17) is 4.74 Å². The van der Waals surface area contributed by atoms with Crippen molar-refractivity contribution in [1.29, 1.82) is 0 Å². The van der Waals surface area contributed by atoms with Gasteiger partial charge in [0.15, 0.2) is 11.5 Å². The highest BCUT2D eigenvalue weighted by atomic mass is 16.5. The maximum absolute atomic E-state index is 12.8. The van der Waals surface area contributed by atoms with Crippen LogP contribution in [0.15, 0.2) is 54.1 Å². The van der Waals surface area contributed by atoms with Crippen LogP contribution in [-0.2, 0) is 9.59 Å². The number of phenolic OH excluding ortho intramolecular Hbond substituents is 1. The molecule has 0 unspecified atom stereocenters. The predicted molar refractivity (Wildman–Crippen MR) is 106 cm³/mol. The van der Waals surface area contributed by atoms with E-state index in [1.807, 2.05) is 0 Å². The lowest BCUT2D eigenvalue weighted by molar-refractivity contribution is -0.140. The van der Waals surface area contributed by atoms with Gasteiger partial charge in [0.2, 0.25) is 0 Å². The summed E-state index contributed by atoms with van der Waals surface area (Å²) in [7, 11) is 0. The zero-order valence-electron chi connectivity index (χ0n) is 16.2. The number of carbonyl (C=O) groups is 2. The number of phenols is 1. The zero-order chi connectivity index (χ0) is 21.1. The van der Waals surface area contributed by atoms with Crippen molar-refractivity contribution in [3.8, 4) is 11.5 Å². The Balaban J connectivity index is 2.20. The normalized spacial score (nSPS) is 19.4. The first-order valence-corrected chi connectivity index (χ1v) is 9.32. The molecular formula is C22H23NO6. The fourth-order valence-electron chi connectivity index (χ4n) is 3.42. The summed E-state index contributed by atoms with van der Waals surface area (Å²) in [5.74, 6) is -1.81. The van der Waals surface area contributed by atoms with Crippen LogP contribution in [0.25, 0.3) is 5.76 Å². The molecule has 1 saturated heterocycles. The van der Waals surface area contributed by atoms with E-state index in [2.05, 4.69) is 0 Å². The zero-order valence-corrected chi connectivity index (χ0v) is 16.2. The van der Waals surface area contributed by atoms with Crippen LogP contribution in [0.3, 0.4) is 0 Å². The van der Waals surface area contributed by atoms with E-state index in [9.17, 15) is 24.9 Å². The molecule has 0 radical (unpaired) electrons. The number of ketones is 1. The fourth-order valence-corrected chi connectivity index (χ4v) is 3.42. The molecule has 1 fully saturated rings. The number of β-amino-alcohol motifs (C(OH)–C–C–N with tert-alkyl or cyclic N) is 1. The van der Waals surface area contributed by atoms with Gasteiger partial charge in [0.1, 0.15) is 5.76 Å². The van der Waals surface area contributed by atoms with Crippen molar-refractivity contribution in [3.05, 3.63) is 65.2 Å². The number of hydrogen-bond acceptors (Lipinski definition) is 6. The van der Waals surface area contributed by atoms with Crippen LogP contribution in [0.1, 0.15) is 31.0 Å². The number of amides is 1. The summed E-state index contributed by atoms with van der Waals surface area (Å²) in [4.78, 5) is 26.7. The SMILES string of the molecule is CCOc1cc([C@H]2C(=C(O)c3ccccc3)C(=O)C(=O)N2C[C@H](C)O)ccc1O. The summed E-state index contributed by atoms with van der Waals surface area (Å²) < 4.78 is 5.42. The van der Waals surface area contributed by atoms with E-state index < -0.39 is 23.8 Å². The van der Waals surface area contributed by atoms with Crippen LogP contribution in [0, 0.1) is 0 Å². The third kappa shape index (κ3) is 3.95. The summed E-state index contributed by atoms with van der Waals surface area (Å²) in [5, 5.41) is 30.7. The van der Waals surface area contributed by atoms with Gasteiger partial charge in [0, 0.05) is 12.1 Å². The Morgan fingerprint density at radius 2 is 1.86 bits per heavy atom. The second kappa shape index (κ2) is 8.36. The number of benzene rings is 2. The first-order valence-electron chi connectivity index (χ1n) is 9.32. The van der Waals surface area contributed by atoms with Gasteiger partial charge in [-0.1, -0.05) is 36.4 Å². The molecule has 2 aromatic rings. The van der Waals surface area contributed by atoms with Gasteiger partial charge in [-0.05, 0) is 31.5 Å². The summed E-state index contributed by atoms with van der Waals surface area (Å²) in [6.07, 6.45) is -0.879. The fraction of sp³-hybridized carbons (Fsp3) is 0.273. The first-order chi connectivity index (χ1) is 13.8. The highest BCUT2D eigenvalue weighted by Gasteiger charge is 2.46. The molecule has 29 heavy (non-hydrogen) atoms. The van der Waals surface area contributed by atoms with Crippen LogP contribution < -0.4 is 4.74 Å². The molecule has 1 amide bonds. The van der Waals surface area contributed by atoms with Crippen molar-refractivity contribution in [2.75, 3.05) is 13.2 Å². The Bertz CT molecular complexity index is 951. The topological polar surface area (TPSA) is 107 Å². The number of carbonyl (C=O) groups excluding carboxylic acids is 2. The van der Waals surface area contributed by atoms with E-state index in [1.54, 1.807) is 43.3 Å². The van der Waals surface area contributed by atoms with Gasteiger partial charge >= 0.3 is 0 Å². The molecule has 7 heteroatoms. The Hall–Kier alpha value is -3.32. The molecule has 3 rings (SSSR count). The molecule has 0 spiro atoms. The third-order valence-electron chi connectivity index (χ3n) is 4.65. The maximum atomic E-state index is 12.8. The standard InChI is InChI=1S/C22H23NO6/c1-3-29-17-11-15(9-10-16(17)25)19-18(20(26)14-7-5-4-6-8-14)21(27)22(28)23(19)12-13(2)24/h4-11,13,19,24-26H,3,12H2,1-2H3/t13-,19-/m0/s1. The lowest BCUT2D eigenvalue weighted by Gasteiger charge is -2.26. The Labute approximate surface area is 168 Å². The molecule has 2 aromatic carbocycles. The molecule has 152 valence electrons. The smallest absolute Gasteiger partial charge is 0.295 e. The van der Waals surface area contributed by atoms with Crippen LogP contribution in [0.4, 0.5) is 0 Å². The molecular weight excluding hydrogens is 374 g/mol. The van der Waals surface area contributed by atoms with Crippen molar-refractivity contribution in [2.45, 2.75) is 26.0 Å². The number of aliphatic hydroxyl groups excluding tert-OH is 2. The van der Waals surface area contributed by atoms with Gasteiger partial charge in [-0.3, -0.25) is 9.59 Å². The minimum absolute atomic E-state index is 0.0741. The highest BCUT2D eigenvalue weighted by molar-refractivity contribution is 6.46. The van der Waals surface area contributed by atoms with E-state index in [0.29, 0.717) is 17.7 Å². The maximum Gasteiger partial charge on any atom is 0.295 e. The second-order valence-corrected chi connectivity index (χ2v) is 6.83. The lowest BCUT2D eigenvalue weighted by atomic mass is 9.95. The summed E-state index contributed by atoms with van der Waals surface area (Å²) in [5.41, 5.74) is 0.801. The Morgan fingerprint density at radius 3 is 2.48 bits per heavy atom. The minimum atomic E-state index is -0.926. The number of hydrogen-bond donors (Lipinski definition) is 3. The first kappa shape index (κ1) is 20.4. The van der Waals surface area contributed by atoms with Crippen LogP contribution in [0.5, 0.6) is 11.5 Å². The number of nitrogens with zero attached hydrogens (tertiary/aromatic N) is 1. The van der Waals surface area contributed by atoms with Gasteiger partial charge < -0.3 is 25.0 Å². The highest BCUT2D eigenvalue weighted by Crippen LogP contribution is 2.41. The molecule has 1 aliphatic heterocycles. The van der Waals surface area contributed by atoms with Gasteiger partial charge in [-0.2, -0.15) is 0 Å². The largest absolute Gasteiger partial charge is 0.507 e. The molecule has 1 aliphatic rings. The molecule has 0 aromatic heterocycles. The van der Waals surface area contributed by atoms with Gasteiger partial charge in [-0.25, -0.2) is 0 Å². The quantitative estimate of drug-likeness (QED) is 0.393. The summed E-state index contributed by atoms with van der Waals surface area (Å²) >= 11 is 0. The number of ether oxygens (including phenoxy) is 1. The molecule has 1 heterocycles. The Kier molecular flexibility index (Phi) is 5.89. The predicted octanol–water partition coefficient (Wildman–Crippen LogP) is 2.59. The van der Waals surface area contributed by atoms with E-state index in [0.717, 1.165) is 0 Å². The van der Waals surface area contributed by atoms with Crippen molar-refractivity contribution in [2.24, 2.45) is 0 Å². The van der Waals surface area contributed by atoms with Crippen molar-refractivity contribution in [3.63, 3.8) is 0 Å². The lowest BCUT2D eigenvalue weighted by Crippen LogP contribution is -2.35. The summed E-state index contributed by atoms with van der Waals surface area (Å²) in [6.45, 7) is 3.50. The van der Waals surface area contributed by atoms with Crippen LogP contribution >= 0.6 is 0 Å². The van der Waals surface area contributed by atoms with E-state index in [-0.39, 0.29) is 29.4 Å². The number of aliphatic hydroxyl groups is 2. The van der Waals surface area contributed by atoms with Crippen LogP contribution in [-0.4, -0.2) is 51.2 Å².